The lowest BCUT2D eigenvalue weighted by Crippen LogP contribution is -2.32. The van der Waals surface area contributed by atoms with Crippen molar-refractivity contribution in [2.45, 2.75) is 13.1 Å². The lowest BCUT2D eigenvalue weighted by atomic mass is 10.1. The first-order valence-corrected chi connectivity index (χ1v) is 8.87. The third kappa shape index (κ3) is 4.58. The molecular weight excluding hydrogens is 395 g/mol. The van der Waals surface area contributed by atoms with E-state index in [-0.39, 0.29) is 17.2 Å². The number of nitrogens with zero attached hydrogens (tertiary/aromatic N) is 1. The van der Waals surface area contributed by atoms with Gasteiger partial charge >= 0.3 is 6.18 Å². The van der Waals surface area contributed by atoms with Crippen molar-refractivity contribution in [1.82, 2.24) is 10.3 Å². The highest BCUT2D eigenvalue weighted by Crippen LogP contribution is 2.33. The summed E-state index contributed by atoms with van der Waals surface area (Å²) in [6.07, 6.45) is -3.08. The second kappa shape index (κ2) is 7.85. The van der Waals surface area contributed by atoms with Crippen molar-refractivity contribution in [3.05, 3.63) is 58.9 Å². The Labute approximate surface area is 161 Å². The van der Waals surface area contributed by atoms with Crippen molar-refractivity contribution in [2.75, 3.05) is 11.9 Å². The summed E-state index contributed by atoms with van der Waals surface area (Å²) in [7, 11) is 0. The summed E-state index contributed by atoms with van der Waals surface area (Å²) in [6.45, 7) is 1.34. The minimum Gasteiger partial charge on any atom is -0.469 e. The molecule has 0 aliphatic carbocycles. The predicted octanol–water partition coefficient (Wildman–Crippen LogP) is 4.10. The molecule has 2 aromatic heterocycles. The molecule has 0 aliphatic heterocycles. The first-order chi connectivity index (χ1) is 13.2. The second-order valence-electron chi connectivity index (χ2n) is 5.74. The molecule has 2 amide bonds. The van der Waals surface area contributed by atoms with Crippen LogP contribution in [0.25, 0.3) is 11.3 Å². The Morgan fingerprint density at radius 3 is 2.71 bits per heavy atom. The molecule has 0 unspecified atom stereocenters. The number of aromatic nitrogens is 1. The number of alkyl halides is 3. The molecule has 2 heterocycles. The number of hydrogen-bond donors (Lipinski definition) is 2. The molecule has 0 saturated carbocycles. The van der Waals surface area contributed by atoms with E-state index in [1.54, 1.807) is 12.3 Å². The van der Waals surface area contributed by atoms with Crippen LogP contribution in [0.4, 0.5) is 18.3 Å². The van der Waals surface area contributed by atoms with Crippen molar-refractivity contribution in [2.24, 2.45) is 0 Å². The molecule has 0 aliphatic rings. The molecule has 0 spiro atoms. The lowest BCUT2D eigenvalue weighted by molar-refractivity contribution is -0.137. The molecule has 3 rings (SSSR count). The van der Waals surface area contributed by atoms with Crippen molar-refractivity contribution < 1.29 is 27.2 Å². The van der Waals surface area contributed by atoms with Crippen LogP contribution in [0.2, 0.25) is 0 Å². The highest BCUT2D eigenvalue weighted by atomic mass is 32.1. The van der Waals surface area contributed by atoms with Crippen LogP contribution < -0.4 is 10.6 Å². The molecule has 0 atom stereocenters. The highest BCUT2D eigenvalue weighted by molar-refractivity contribution is 7.14. The van der Waals surface area contributed by atoms with Crippen molar-refractivity contribution in [3.63, 3.8) is 0 Å². The molecule has 3 aromatic rings. The zero-order valence-electron chi connectivity index (χ0n) is 14.5. The van der Waals surface area contributed by atoms with Gasteiger partial charge in [-0.1, -0.05) is 12.1 Å². The van der Waals surface area contributed by atoms with Gasteiger partial charge < -0.3 is 15.1 Å². The van der Waals surface area contributed by atoms with Gasteiger partial charge in [0.2, 0.25) is 5.91 Å². The second-order valence-corrected chi connectivity index (χ2v) is 6.60. The standard InChI is InChI=1S/C18H14F3N3O3S/c1-10-13(5-6-27-10)16(26)22-8-15(25)24-17-23-14(9-28-17)11-3-2-4-12(7-11)18(19,20)21/h2-7,9H,8H2,1H3,(H,22,26)(H,23,24,25). The number of furan rings is 1. The number of halogens is 3. The minimum atomic E-state index is -4.45. The topological polar surface area (TPSA) is 84.2 Å². The maximum Gasteiger partial charge on any atom is 0.416 e. The molecule has 6 nitrogen and oxygen atoms in total. The van der Waals surface area contributed by atoms with Crippen molar-refractivity contribution >= 4 is 28.3 Å². The van der Waals surface area contributed by atoms with E-state index < -0.39 is 23.6 Å². The van der Waals surface area contributed by atoms with Gasteiger partial charge in [-0.3, -0.25) is 9.59 Å². The Morgan fingerprint density at radius 1 is 1.25 bits per heavy atom. The summed E-state index contributed by atoms with van der Waals surface area (Å²) in [5, 5.41) is 6.70. The molecule has 28 heavy (non-hydrogen) atoms. The molecule has 0 fully saturated rings. The summed E-state index contributed by atoms with van der Waals surface area (Å²) >= 11 is 1.07. The van der Waals surface area contributed by atoms with Gasteiger partial charge in [-0.25, -0.2) is 4.98 Å². The normalized spacial score (nSPS) is 11.3. The third-order valence-electron chi connectivity index (χ3n) is 3.75. The minimum absolute atomic E-state index is 0.214. The zero-order valence-corrected chi connectivity index (χ0v) is 15.3. The molecule has 0 radical (unpaired) electrons. The van der Waals surface area contributed by atoms with Gasteiger partial charge in [0, 0.05) is 10.9 Å². The van der Waals surface area contributed by atoms with Crippen LogP contribution in [0.3, 0.4) is 0 Å². The summed E-state index contributed by atoms with van der Waals surface area (Å²) in [6, 6.07) is 6.26. The van der Waals surface area contributed by atoms with Gasteiger partial charge in [0.05, 0.1) is 29.6 Å². The van der Waals surface area contributed by atoms with Crippen LogP contribution in [0.1, 0.15) is 21.7 Å². The third-order valence-corrected chi connectivity index (χ3v) is 4.51. The van der Waals surface area contributed by atoms with Gasteiger partial charge in [-0.2, -0.15) is 13.2 Å². The Kier molecular flexibility index (Phi) is 5.50. The van der Waals surface area contributed by atoms with Crippen LogP contribution in [-0.4, -0.2) is 23.3 Å². The molecule has 0 saturated heterocycles. The highest BCUT2D eigenvalue weighted by Gasteiger charge is 2.30. The maximum absolute atomic E-state index is 12.8. The number of benzene rings is 1. The SMILES string of the molecule is Cc1occc1C(=O)NCC(=O)Nc1nc(-c2cccc(C(F)(F)F)c2)cs1. The Morgan fingerprint density at radius 2 is 2.04 bits per heavy atom. The van der Waals surface area contributed by atoms with Gasteiger partial charge in [0.1, 0.15) is 5.76 Å². The molecule has 10 heteroatoms. The largest absolute Gasteiger partial charge is 0.469 e. The summed E-state index contributed by atoms with van der Waals surface area (Å²) in [4.78, 5) is 28.0. The summed E-state index contributed by atoms with van der Waals surface area (Å²) in [5.74, 6) is -0.534. The van der Waals surface area contributed by atoms with Crippen molar-refractivity contribution in [3.8, 4) is 11.3 Å². The van der Waals surface area contributed by atoms with Crippen LogP contribution in [-0.2, 0) is 11.0 Å². The number of carbonyl (C=O) groups is 2. The number of hydrogen-bond acceptors (Lipinski definition) is 5. The van der Waals surface area contributed by atoms with E-state index in [4.69, 9.17) is 4.42 Å². The van der Waals surface area contributed by atoms with E-state index in [1.165, 1.54) is 24.5 Å². The monoisotopic (exact) mass is 409 g/mol. The molecular formula is C18H14F3N3O3S. The van der Waals surface area contributed by atoms with E-state index in [0.29, 0.717) is 17.0 Å². The molecule has 2 N–H and O–H groups in total. The van der Waals surface area contributed by atoms with Crippen LogP contribution in [0.5, 0.6) is 0 Å². The molecule has 1 aromatic carbocycles. The smallest absolute Gasteiger partial charge is 0.416 e. The Hall–Kier alpha value is -3.14. The molecule has 146 valence electrons. The number of aryl methyl sites for hydroxylation is 1. The fourth-order valence-corrected chi connectivity index (χ4v) is 3.09. The van der Waals surface area contributed by atoms with Crippen LogP contribution in [0, 0.1) is 6.92 Å². The number of rotatable bonds is 5. The van der Waals surface area contributed by atoms with E-state index in [9.17, 15) is 22.8 Å². The molecule has 0 bridgehead atoms. The lowest BCUT2D eigenvalue weighted by Gasteiger charge is -2.07. The van der Waals surface area contributed by atoms with Gasteiger partial charge in [-0.15, -0.1) is 11.3 Å². The van der Waals surface area contributed by atoms with Gasteiger partial charge in [0.15, 0.2) is 5.13 Å². The maximum atomic E-state index is 12.8. The number of thiazole rings is 1. The first-order valence-electron chi connectivity index (χ1n) is 7.99. The van der Waals surface area contributed by atoms with Crippen LogP contribution in [0.15, 0.2) is 46.4 Å². The average Bonchev–Trinajstić information content (AvgIpc) is 3.28. The van der Waals surface area contributed by atoms with E-state index in [1.807, 2.05) is 0 Å². The number of amides is 2. The summed E-state index contributed by atoms with van der Waals surface area (Å²) in [5.41, 5.74) is 0.148. The van der Waals surface area contributed by atoms with E-state index >= 15 is 0 Å². The fraction of sp³-hybridized carbons (Fsp3) is 0.167. The average molecular weight is 409 g/mol. The number of nitrogens with one attached hydrogen (secondary N) is 2. The quantitative estimate of drug-likeness (QED) is 0.665. The van der Waals surface area contributed by atoms with Gasteiger partial charge in [-0.05, 0) is 25.1 Å². The first kappa shape index (κ1) is 19.6. The Balaban J connectivity index is 1.61. The van der Waals surface area contributed by atoms with Gasteiger partial charge in [0.25, 0.3) is 5.91 Å². The van der Waals surface area contributed by atoms with E-state index in [2.05, 4.69) is 15.6 Å². The Bertz CT molecular complexity index is 1010. The number of anilines is 1. The summed E-state index contributed by atoms with van der Waals surface area (Å²) < 4.78 is 43.5. The van der Waals surface area contributed by atoms with Crippen LogP contribution >= 0.6 is 11.3 Å². The fourth-order valence-electron chi connectivity index (χ4n) is 2.36. The van der Waals surface area contributed by atoms with Crippen molar-refractivity contribution in [1.29, 1.82) is 0 Å². The predicted molar refractivity (Wildman–Crippen MR) is 97.0 cm³/mol. The van der Waals surface area contributed by atoms with E-state index in [0.717, 1.165) is 23.5 Å². The number of carbonyl (C=O) groups excluding carboxylic acids is 2. The zero-order chi connectivity index (χ0) is 20.3.